The van der Waals surface area contributed by atoms with Gasteiger partial charge in [0.2, 0.25) is 11.8 Å². The van der Waals surface area contributed by atoms with E-state index in [0.717, 1.165) is 36.5 Å². The third-order valence-corrected chi connectivity index (χ3v) is 5.90. The number of hydrogen-bond acceptors (Lipinski definition) is 5. The number of carbonyl (C=O) groups is 4. The Labute approximate surface area is 174 Å². The van der Waals surface area contributed by atoms with E-state index < -0.39 is 18.5 Å². The number of amides is 3. The van der Waals surface area contributed by atoms with Crippen LogP contribution in [0.15, 0.2) is 42.5 Å². The molecule has 1 saturated carbocycles. The molecule has 1 aliphatic heterocycles. The van der Waals surface area contributed by atoms with Crippen LogP contribution in [0.2, 0.25) is 0 Å². The zero-order valence-electron chi connectivity index (χ0n) is 16.6. The smallest absolute Gasteiger partial charge is 0.308 e. The van der Waals surface area contributed by atoms with Gasteiger partial charge in [-0.25, -0.2) is 0 Å². The summed E-state index contributed by atoms with van der Waals surface area (Å²) in [6, 6.07) is 13.2. The van der Waals surface area contributed by atoms with Crippen molar-refractivity contribution in [1.82, 2.24) is 4.90 Å². The minimum Gasteiger partial charge on any atom is -0.456 e. The number of nitrogens with zero attached hydrogens (tertiary/aromatic N) is 1. The van der Waals surface area contributed by atoms with Gasteiger partial charge in [-0.3, -0.25) is 24.1 Å². The highest BCUT2D eigenvalue weighted by Crippen LogP contribution is 2.38. The molecule has 0 unspecified atom stereocenters. The Balaban J connectivity index is 1.26. The molecule has 4 rings (SSSR count). The van der Waals surface area contributed by atoms with Gasteiger partial charge in [0, 0.05) is 17.6 Å². The first-order chi connectivity index (χ1) is 14.5. The van der Waals surface area contributed by atoms with E-state index in [1.165, 1.54) is 4.90 Å². The first-order valence-electron chi connectivity index (χ1n) is 10.3. The molecule has 2 aliphatic rings. The number of ether oxygens (including phenoxy) is 1. The minimum absolute atomic E-state index is 0.00837. The fourth-order valence-corrected chi connectivity index (χ4v) is 4.39. The molecule has 7 nitrogen and oxygen atoms in total. The summed E-state index contributed by atoms with van der Waals surface area (Å²) in [5, 5.41) is 4.64. The molecule has 1 aliphatic carbocycles. The average Bonchev–Trinajstić information content (AvgIpc) is 3.01. The standard InChI is InChI=1S/C23H24N2O5/c26-20(24-19-11-5-7-15-6-1-2-8-16(15)19)14-30-21(27)12-13-25-22(28)17-9-3-4-10-18(17)23(25)29/h1-2,5-8,11,17-18H,3-4,9-10,12-14H2,(H,24,26)/t17-,18+. The predicted octanol–water partition coefficient (Wildman–Crippen LogP) is 2.89. The van der Waals surface area contributed by atoms with Gasteiger partial charge in [-0.2, -0.15) is 0 Å². The average molecular weight is 408 g/mol. The lowest BCUT2D eigenvalue weighted by atomic mass is 9.81. The quantitative estimate of drug-likeness (QED) is 0.586. The van der Waals surface area contributed by atoms with Crippen molar-refractivity contribution in [2.24, 2.45) is 11.8 Å². The molecule has 1 heterocycles. The zero-order valence-corrected chi connectivity index (χ0v) is 16.6. The van der Waals surface area contributed by atoms with E-state index in [2.05, 4.69) is 5.32 Å². The Morgan fingerprint density at radius 3 is 2.37 bits per heavy atom. The Morgan fingerprint density at radius 2 is 1.63 bits per heavy atom. The zero-order chi connectivity index (χ0) is 21.1. The van der Waals surface area contributed by atoms with Gasteiger partial charge in [-0.15, -0.1) is 0 Å². The third kappa shape index (κ3) is 4.06. The molecule has 0 spiro atoms. The summed E-state index contributed by atoms with van der Waals surface area (Å²) in [7, 11) is 0. The van der Waals surface area contributed by atoms with Crippen molar-refractivity contribution in [2.45, 2.75) is 32.1 Å². The lowest BCUT2D eigenvalue weighted by molar-refractivity contribution is -0.148. The van der Waals surface area contributed by atoms with Crippen molar-refractivity contribution in [3.8, 4) is 0 Å². The number of fused-ring (bicyclic) bond motifs is 2. The summed E-state index contributed by atoms with van der Waals surface area (Å²) in [6.07, 6.45) is 3.29. The molecule has 1 saturated heterocycles. The van der Waals surface area contributed by atoms with Crippen molar-refractivity contribution in [2.75, 3.05) is 18.5 Å². The number of rotatable bonds is 6. The lowest BCUT2D eigenvalue weighted by Crippen LogP contribution is -2.33. The maximum absolute atomic E-state index is 12.4. The van der Waals surface area contributed by atoms with Crippen molar-refractivity contribution < 1.29 is 23.9 Å². The Bertz CT molecular complexity index is 973. The van der Waals surface area contributed by atoms with E-state index in [-0.39, 0.29) is 36.6 Å². The number of nitrogens with one attached hydrogen (secondary N) is 1. The summed E-state index contributed by atoms with van der Waals surface area (Å²) < 4.78 is 5.04. The number of anilines is 1. The van der Waals surface area contributed by atoms with Gasteiger partial charge >= 0.3 is 5.97 Å². The number of carbonyl (C=O) groups excluding carboxylic acids is 4. The summed E-state index contributed by atoms with van der Waals surface area (Å²) in [6.45, 7) is -0.413. The monoisotopic (exact) mass is 408 g/mol. The van der Waals surface area contributed by atoms with Gasteiger partial charge < -0.3 is 10.1 Å². The van der Waals surface area contributed by atoms with Gasteiger partial charge in [0.15, 0.2) is 6.61 Å². The number of hydrogen-bond donors (Lipinski definition) is 1. The van der Waals surface area contributed by atoms with Gasteiger partial charge in [-0.1, -0.05) is 49.2 Å². The van der Waals surface area contributed by atoms with E-state index in [1.807, 2.05) is 36.4 Å². The Morgan fingerprint density at radius 1 is 0.967 bits per heavy atom. The predicted molar refractivity (Wildman–Crippen MR) is 110 cm³/mol. The molecule has 2 aromatic carbocycles. The highest BCUT2D eigenvalue weighted by Gasteiger charge is 2.47. The van der Waals surface area contributed by atoms with E-state index >= 15 is 0 Å². The SMILES string of the molecule is O=C(COC(=O)CCN1C(=O)[C@H]2CCCC[C@H]2C1=O)Nc1cccc2ccccc12. The fourth-order valence-electron chi connectivity index (χ4n) is 4.39. The lowest BCUT2D eigenvalue weighted by Gasteiger charge is -2.19. The Hall–Kier alpha value is -3.22. The maximum Gasteiger partial charge on any atom is 0.308 e. The second kappa shape index (κ2) is 8.65. The van der Waals surface area contributed by atoms with Crippen molar-refractivity contribution in [3.05, 3.63) is 42.5 Å². The van der Waals surface area contributed by atoms with Crippen LogP contribution in [0.1, 0.15) is 32.1 Å². The van der Waals surface area contributed by atoms with E-state index in [0.29, 0.717) is 5.69 Å². The van der Waals surface area contributed by atoms with Crippen molar-refractivity contribution in [3.63, 3.8) is 0 Å². The Kier molecular flexibility index (Phi) is 5.79. The van der Waals surface area contributed by atoms with Crippen LogP contribution in [-0.4, -0.2) is 41.7 Å². The molecular formula is C23H24N2O5. The van der Waals surface area contributed by atoms with E-state index in [4.69, 9.17) is 4.74 Å². The molecule has 0 aromatic heterocycles. The van der Waals surface area contributed by atoms with E-state index in [1.54, 1.807) is 6.07 Å². The largest absolute Gasteiger partial charge is 0.456 e. The van der Waals surface area contributed by atoms with Crippen molar-refractivity contribution in [1.29, 1.82) is 0 Å². The number of benzene rings is 2. The van der Waals surface area contributed by atoms with E-state index in [9.17, 15) is 19.2 Å². The molecule has 1 N–H and O–H groups in total. The molecular weight excluding hydrogens is 384 g/mol. The van der Waals surface area contributed by atoms with Crippen LogP contribution in [0.25, 0.3) is 10.8 Å². The number of esters is 1. The molecule has 2 fully saturated rings. The third-order valence-electron chi connectivity index (χ3n) is 5.90. The van der Waals surface area contributed by atoms with Crippen LogP contribution in [0, 0.1) is 11.8 Å². The summed E-state index contributed by atoms with van der Waals surface area (Å²) >= 11 is 0. The first-order valence-corrected chi connectivity index (χ1v) is 10.3. The normalized spacial score (nSPS) is 20.9. The highest BCUT2D eigenvalue weighted by molar-refractivity contribution is 6.05. The van der Waals surface area contributed by atoms with Crippen LogP contribution >= 0.6 is 0 Å². The second-order valence-electron chi connectivity index (χ2n) is 7.81. The molecule has 156 valence electrons. The van der Waals surface area contributed by atoms with Gasteiger partial charge in [0.25, 0.3) is 5.91 Å². The molecule has 0 radical (unpaired) electrons. The molecule has 0 bridgehead atoms. The number of imide groups is 1. The van der Waals surface area contributed by atoms with Gasteiger partial charge in [0.05, 0.1) is 18.3 Å². The molecule has 2 atom stereocenters. The number of likely N-dealkylation sites (tertiary alicyclic amines) is 1. The first kappa shape index (κ1) is 20.1. The van der Waals surface area contributed by atoms with Crippen LogP contribution in [-0.2, 0) is 23.9 Å². The van der Waals surface area contributed by atoms with Crippen LogP contribution in [0.5, 0.6) is 0 Å². The van der Waals surface area contributed by atoms with Crippen molar-refractivity contribution >= 4 is 40.2 Å². The van der Waals surface area contributed by atoms with Gasteiger partial charge in [0.1, 0.15) is 0 Å². The highest BCUT2D eigenvalue weighted by atomic mass is 16.5. The fraction of sp³-hybridized carbons (Fsp3) is 0.391. The molecule has 7 heteroatoms. The molecule has 30 heavy (non-hydrogen) atoms. The maximum atomic E-state index is 12.4. The topological polar surface area (TPSA) is 92.8 Å². The molecule has 2 aromatic rings. The minimum atomic E-state index is -0.612. The van der Waals surface area contributed by atoms with Crippen LogP contribution < -0.4 is 5.32 Å². The van der Waals surface area contributed by atoms with Crippen LogP contribution in [0.4, 0.5) is 5.69 Å². The summed E-state index contributed by atoms with van der Waals surface area (Å²) in [4.78, 5) is 50.3. The summed E-state index contributed by atoms with van der Waals surface area (Å²) in [5.41, 5.74) is 0.644. The second-order valence-corrected chi connectivity index (χ2v) is 7.81. The summed E-state index contributed by atoms with van der Waals surface area (Å²) in [5.74, 6) is -1.86. The molecule has 3 amide bonds. The van der Waals surface area contributed by atoms with Gasteiger partial charge in [-0.05, 0) is 24.3 Å². The van der Waals surface area contributed by atoms with Crippen LogP contribution in [0.3, 0.4) is 0 Å².